The zero-order chi connectivity index (χ0) is 10.6. The van der Waals surface area contributed by atoms with Crippen molar-refractivity contribution in [1.29, 1.82) is 0 Å². The van der Waals surface area contributed by atoms with Gasteiger partial charge in [-0.2, -0.15) is 0 Å². The van der Waals surface area contributed by atoms with Crippen LogP contribution in [-0.4, -0.2) is 16.8 Å². The third-order valence-corrected chi connectivity index (χ3v) is 2.13. The molecule has 1 atom stereocenters. The molecule has 0 saturated carbocycles. The van der Waals surface area contributed by atoms with Gasteiger partial charge < -0.3 is 5.11 Å². The molecule has 2 nitrogen and oxygen atoms in total. The first-order valence-corrected chi connectivity index (χ1v) is 4.68. The summed E-state index contributed by atoms with van der Waals surface area (Å²) >= 11 is 5.27. The van der Waals surface area contributed by atoms with Crippen molar-refractivity contribution in [2.75, 3.05) is 5.88 Å². The van der Waals surface area contributed by atoms with Crippen molar-refractivity contribution in [3.63, 3.8) is 0 Å². The summed E-state index contributed by atoms with van der Waals surface area (Å²) in [6.07, 6.45) is -1.26. The van der Waals surface area contributed by atoms with Gasteiger partial charge in [0, 0.05) is 12.0 Å². The maximum absolute atomic E-state index is 13.1. The predicted octanol–water partition coefficient (Wildman–Crippen LogP) is 2.06. The van der Waals surface area contributed by atoms with E-state index in [0.717, 1.165) is 0 Å². The lowest BCUT2D eigenvalue weighted by Gasteiger charge is -2.09. The van der Waals surface area contributed by atoms with Crippen molar-refractivity contribution < 1.29 is 14.3 Å². The third kappa shape index (κ3) is 2.79. The Morgan fingerprint density at radius 1 is 1.50 bits per heavy atom. The largest absolute Gasteiger partial charge is 0.388 e. The molecule has 1 aromatic rings. The van der Waals surface area contributed by atoms with Crippen LogP contribution in [0.25, 0.3) is 0 Å². The second-order valence-electron chi connectivity index (χ2n) is 2.91. The summed E-state index contributed by atoms with van der Waals surface area (Å²) in [5.74, 6) is -0.976. The number of Topliss-reactive ketones (excluding diaryl/α,β-unsaturated/α-hetero) is 1. The maximum Gasteiger partial charge on any atom is 0.150 e. The van der Waals surface area contributed by atoms with E-state index in [1.165, 1.54) is 18.2 Å². The lowest BCUT2D eigenvalue weighted by molar-refractivity contribution is -0.118. The van der Waals surface area contributed by atoms with E-state index in [-0.39, 0.29) is 23.6 Å². The molecule has 76 valence electrons. The number of halogens is 2. The lowest BCUT2D eigenvalue weighted by atomic mass is 10.0. The molecule has 0 aromatic heterocycles. The van der Waals surface area contributed by atoms with Gasteiger partial charge in [-0.15, -0.1) is 11.6 Å². The molecule has 14 heavy (non-hydrogen) atoms. The van der Waals surface area contributed by atoms with Gasteiger partial charge in [0.25, 0.3) is 0 Å². The normalized spacial score (nSPS) is 12.5. The summed E-state index contributed by atoms with van der Waals surface area (Å²) in [4.78, 5) is 10.9. The van der Waals surface area contributed by atoms with Crippen LogP contribution in [0.3, 0.4) is 0 Å². The molecule has 0 spiro atoms. The molecule has 0 fully saturated rings. The molecule has 0 saturated heterocycles. The lowest BCUT2D eigenvalue weighted by Crippen LogP contribution is -2.08. The van der Waals surface area contributed by atoms with E-state index in [4.69, 9.17) is 11.6 Å². The molecule has 1 rings (SSSR count). The minimum Gasteiger partial charge on any atom is -0.388 e. The van der Waals surface area contributed by atoms with Crippen molar-refractivity contribution in [3.05, 3.63) is 35.6 Å². The van der Waals surface area contributed by atoms with Gasteiger partial charge in [-0.25, -0.2) is 4.39 Å². The van der Waals surface area contributed by atoms with Crippen LogP contribution in [0.15, 0.2) is 24.3 Å². The van der Waals surface area contributed by atoms with Gasteiger partial charge in [-0.1, -0.05) is 18.2 Å². The zero-order valence-corrected chi connectivity index (χ0v) is 8.17. The van der Waals surface area contributed by atoms with E-state index in [1.807, 2.05) is 0 Å². The van der Waals surface area contributed by atoms with Gasteiger partial charge in [0.1, 0.15) is 5.82 Å². The average Bonchev–Trinajstić information content (AvgIpc) is 2.18. The van der Waals surface area contributed by atoms with Crippen LogP contribution in [0, 0.1) is 5.82 Å². The quantitative estimate of drug-likeness (QED) is 0.783. The summed E-state index contributed by atoms with van der Waals surface area (Å²) in [6, 6.07) is 5.81. The summed E-state index contributed by atoms with van der Waals surface area (Å²) in [5, 5.41) is 9.48. The highest BCUT2D eigenvalue weighted by molar-refractivity contribution is 6.27. The number of alkyl halides is 1. The minimum atomic E-state index is -1.11. The standard InChI is InChI=1S/C10H10ClFO2/c11-6-7(13)5-10(14)8-3-1-2-4-9(8)12/h1-4,10,14H,5-6H2. The van der Waals surface area contributed by atoms with Gasteiger partial charge in [-0.3, -0.25) is 4.79 Å². The van der Waals surface area contributed by atoms with Gasteiger partial charge in [0.05, 0.1) is 12.0 Å². The molecule has 1 N–H and O–H groups in total. The van der Waals surface area contributed by atoms with Crippen LogP contribution < -0.4 is 0 Å². The first-order valence-electron chi connectivity index (χ1n) is 4.15. The number of ketones is 1. The van der Waals surface area contributed by atoms with E-state index in [2.05, 4.69) is 0 Å². The fourth-order valence-electron chi connectivity index (χ4n) is 1.13. The van der Waals surface area contributed by atoms with E-state index < -0.39 is 11.9 Å². The summed E-state index contributed by atoms with van der Waals surface area (Å²) in [6.45, 7) is 0. The van der Waals surface area contributed by atoms with Crippen LogP contribution in [0.1, 0.15) is 18.1 Å². The Balaban J connectivity index is 2.74. The molecule has 0 aliphatic heterocycles. The number of hydrogen-bond acceptors (Lipinski definition) is 2. The number of aliphatic hydroxyl groups is 1. The van der Waals surface area contributed by atoms with Gasteiger partial charge in [-0.05, 0) is 6.07 Å². The summed E-state index contributed by atoms with van der Waals surface area (Å²) in [7, 11) is 0. The first kappa shape index (κ1) is 11.1. The van der Waals surface area contributed by atoms with Gasteiger partial charge in [0.15, 0.2) is 5.78 Å². The number of aliphatic hydroxyl groups excluding tert-OH is 1. The van der Waals surface area contributed by atoms with E-state index in [0.29, 0.717) is 0 Å². The van der Waals surface area contributed by atoms with Crippen LogP contribution in [0.5, 0.6) is 0 Å². The van der Waals surface area contributed by atoms with Crippen molar-refractivity contribution in [3.8, 4) is 0 Å². The van der Waals surface area contributed by atoms with Crippen LogP contribution in [-0.2, 0) is 4.79 Å². The van der Waals surface area contributed by atoms with Gasteiger partial charge >= 0.3 is 0 Å². The van der Waals surface area contributed by atoms with E-state index in [1.54, 1.807) is 6.07 Å². The summed E-state index contributed by atoms with van der Waals surface area (Å²) < 4.78 is 13.1. The van der Waals surface area contributed by atoms with E-state index >= 15 is 0 Å². The second kappa shape index (κ2) is 5.08. The molecule has 0 aliphatic carbocycles. The minimum absolute atomic E-state index is 0.131. The smallest absolute Gasteiger partial charge is 0.150 e. The molecular formula is C10H10ClFO2. The third-order valence-electron chi connectivity index (χ3n) is 1.83. The Bertz CT molecular complexity index is 328. The number of carbonyl (C=O) groups excluding carboxylic acids is 1. The molecule has 4 heteroatoms. The zero-order valence-electron chi connectivity index (χ0n) is 7.41. The van der Waals surface area contributed by atoms with Crippen molar-refractivity contribution >= 4 is 17.4 Å². The highest BCUT2D eigenvalue weighted by atomic mass is 35.5. The van der Waals surface area contributed by atoms with Crippen molar-refractivity contribution in [2.24, 2.45) is 0 Å². The maximum atomic E-state index is 13.1. The Morgan fingerprint density at radius 2 is 2.14 bits per heavy atom. The molecule has 0 bridgehead atoms. The molecule has 0 aliphatic rings. The van der Waals surface area contributed by atoms with Crippen LogP contribution in [0.4, 0.5) is 4.39 Å². The van der Waals surface area contributed by atoms with Crippen LogP contribution >= 0.6 is 11.6 Å². The Kier molecular flexibility index (Phi) is 4.04. The predicted molar refractivity (Wildman–Crippen MR) is 51.7 cm³/mol. The Hall–Kier alpha value is -0.930. The van der Waals surface area contributed by atoms with E-state index in [9.17, 15) is 14.3 Å². The first-order chi connectivity index (χ1) is 6.65. The Morgan fingerprint density at radius 3 is 2.71 bits per heavy atom. The second-order valence-corrected chi connectivity index (χ2v) is 3.18. The average molecular weight is 217 g/mol. The topological polar surface area (TPSA) is 37.3 Å². The van der Waals surface area contributed by atoms with Crippen LogP contribution in [0.2, 0.25) is 0 Å². The van der Waals surface area contributed by atoms with Gasteiger partial charge in [0.2, 0.25) is 0 Å². The molecule has 0 heterocycles. The Labute approximate surface area is 86.3 Å². The highest BCUT2D eigenvalue weighted by Gasteiger charge is 2.15. The monoisotopic (exact) mass is 216 g/mol. The molecule has 0 radical (unpaired) electrons. The fourth-order valence-corrected chi connectivity index (χ4v) is 1.23. The molecule has 1 aromatic carbocycles. The number of hydrogen-bond donors (Lipinski definition) is 1. The fraction of sp³-hybridized carbons (Fsp3) is 0.300. The number of carbonyl (C=O) groups is 1. The summed E-state index contributed by atoms with van der Waals surface area (Å²) in [5.41, 5.74) is 0.131. The number of benzene rings is 1. The molecular weight excluding hydrogens is 207 g/mol. The van der Waals surface area contributed by atoms with Crippen molar-refractivity contribution in [2.45, 2.75) is 12.5 Å². The highest BCUT2D eigenvalue weighted by Crippen LogP contribution is 2.19. The SMILES string of the molecule is O=C(CCl)CC(O)c1ccccc1F. The molecule has 0 amide bonds. The molecule has 1 unspecified atom stereocenters. The number of rotatable bonds is 4. The van der Waals surface area contributed by atoms with Crippen molar-refractivity contribution in [1.82, 2.24) is 0 Å².